The fraction of sp³-hybridized carbons (Fsp3) is 0.838. The van der Waals surface area contributed by atoms with Gasteiger partial charge in [-0.05, 0) is 130 Å². The average Bonchev–Trinajstić information content (AvgIpc) is 1.67. The first kappa shape index (κ1) is 102. The first-order chi connectivity index (χ1) is 56.9. The van der Waals surface area contributed by atoms with Gasteiger partial charge in [0.25, 0.3) is 0 Å². The van der Waals surface area contributed by atoms with Crippen molar-refractivity contribution >= 4 is 77.4 Å². The van der Waals surface area contributed by atoms with Crippen LogP contribution in [0.3, 0.4) is 0 Å². The van der Waals surface area contributed by atoms with Crippen LogP contribution in [0.25, 0.3) is 0 Å². The molecule has 0 radical (unpaired) electrons. The number of aliphatic hydroxyl groups excluding tert-OH is 14. The van der Waals surface area contributed by atoms with Crippen molar-refractivity contribution in [3.05, 3.63) is 0 Å². The summed E-state index contributed by atoms with van der Waals surface area (Å²) in [6.45, 7) is 22.3. The predicted octanol–water partition coefficient (Wildman–Crippen LogP) is -4.00. The lowest BCUT2D eigenvalue weighted by atomic mass is 9.66. The maximum Gasteiger partial charge on any atom is 0.410 e. The number of amides is 10. The summed E-state index contributed by atoms with van der Waals surface area (Å²) in [7, 11) is 4.02. The monoisotopic (exact) mass is 1750 g/mol. The van der Waals surface area contributed by atoms with Gasteiger partial charge in [0.15, 0.2) is 12.2 Å². The fourth-order valence-electron chi connectivity index (χ4n) is 18.6. The number of piperidine rings is 4. The molecular weight excluding hydrogens is 1620 g/mol. The van der Waals surface area contributed by atoms with E-state index in [1.807, 2.05) is 21.0 Å². The molecule has 0 bridgehead atoms. The van der Waals surface area contributed by atoms with E-state index in [0.717, 1.165) is 48.8 Å². The normalized spacial score (nSPS) is 36.3. The van der Waals surface area contributed by atoms with Crippen molar-refractivity contribution in [3.63, 3.8) is 0 Å². The summed E-state index contributed by atoms with van der Waals surface area (Å²) in [5.41, 5.74) is -2.67. The Balaban J connectivity index is 0.000000205. The number of aliphatic hydroxyl groups is 14. The van der Waals surface area contributed by atoms with Crippen LogP contribution in [0.2, 0.25) is 0 Å². The number of likely N-dealkylation sites (tertiary alicyclic amines) is 8. The summed E-state index contributed by atoms with van der Waals surface area (Å²) in [6.07, 6.45) is -26.2. The number of nitrogens with zero attached hydrogens (tertiary/aromatic N) is 8. The number of halogens is 2. The van der Waals surface area contributed by atoms with Gasteiger partial charge >= 0.3 is 30.1 Å². The lowest BCUT2D eigenvalue weighted by molar-refractivity contribution is -0.224. The number of esters is 3. The van der Waals surface area contributed by atoms with Crippen molar-refractivity contribution in [2.24, 2.45) is 51.2 Å². The average molecular weight is 1750 g/mol. The standard InChI is InChI=1S/2C17H26N2O9.C14H24O4.C12H19FN2O2.C11H17FN2O2.C9H16O6/c2*1-2-19-8(20)7-17(15(19)26)3-5-18(6-4-17)16(27)28-14-12(24)10(22)9(21)11(23)13(14)25;1-7-8(2)13(17-11(5)15)10(4)14(9(7)3)18-12(6)16;1-9(13)8-15-10(16)7-12(11(15)17)3-5-14(2)6-4-12;1-13-5-2-11(3-6-13)8-9(15)14(7-4-12)10(11)16;1-3-5(11)6(12)7(13)8(14)9(3)15-4(2)10/h2*9-14,21-25H,2-7H2,1H3;7-10,13-14H,1-6H3;9H,3-8H2,1-2H3;2-8H2,1H3;3,5-9,11-14H,1-2H3. The van der Waals surface area contributed by atoms with E-state index in [1.165, 1.54) is 54.2 Å². The van der Waals surface area contributed by atoms with E-state index < -0.39 is 162 Å². The molecule has 0 aromatic heterocycles. The Labute approximate surface area is 706 Å². The Kier molecular flexibility index (Phi) is 35.3. The third kappa shape index (κ3) is 22.2. The van der Waals surface area contributed by atoms with Crippen LogP contribution in [0.5, 0.6) is 0 Å². The number of carbonyl (C=O) groups is 13. The van der Waals surface area contributed by atoms with Crippen molar-refractivity contribution in [3.8, 4) is 0 Å². The van der Waals surface area contributed by atoms with E-state index in [-0.39, 0.29) is 180 Å². The van der Waals surface area contributed by atoms with Crippen molar-refractivity contribution in [1.29, 1.82) is 0 Å². The van der Waals surface area contributed by atoms with E-state index in [9.17, 15) is 143 Å². The highest BCUT2D eigenvalue weighted by Crippen LogP contribution is 2.47. The first-order valence-corrected chi connectivity index (χ1v) is 41.8. The highest BCUT2D eigenvalue weighted by Gasteiger charge is 2.59. The minimum atomic E-state index is -1.79. The molecule has 14 N–H and O–H groups in total. The van der Waals surface area contributed by atoms with Crippen LogP contribution in [0, 0.1) is 51.2 Å². The zero-order valence-corrected chi connectivity index (χ0v) is 71.6. The fourth-order valence-corrected chi connectivity index (χ4v) is 18.6. The number of imide groups is 4. The second-order valence-corrected chi connectivity index (χ2v) is 35.0. The quantitative estimate of drug-likeness (QED) is 0.0533. The van der Waals surface area contributed by atoms with Gasteiger partial charge in [0, 0.05) is 97.6 Å². The van der Waals surface area contributed by atoms with E-state index in [2.05, 4.69) is 30.6 Å². The molecule has 8 aliphatic heterocycles. The van der Waals surface area contributed by atoms with Crippen molar-refractivity contribution < 1.29 is 166 Å². The zero-order chi connectivity index (χ0) is 91.8. The molecule has 4 saturated carbocycles. The number of hydrogen-bond acceptors (Lipinski definition) is 34. The van der Waals surface area contributed by atoms with Gasteiger partial charge in [-0.3, -0.25) is 72.3 Å². The Hall–Kier alpha value is -7.27. The Morgan fingerprint density at radius 1 is 0.352 bits per heavy atom. The van der Waals surface area contributed by atoms with Crippen LogP contribution in [0.15, 0.2) is 0 Å². The van der Waals surface area contributed by atoms with Gasteiger partial charge < -0.3 is 115 Å². The maximum atomic E-state index is 13.0. The Morgan fingerprint density at radius 3 is 0.893 bits per heavy atom. The van der Waals surface area contributed by atoms with E-state index in [1.54, 1.807) is 13.8 Å². The number of hydrogen-bond donors (Lipinski definition) is 14. The number of alkyl halides is 2. The van der Waals surface area contributed by atoms with Crippen molar-refractivity contribution in [2.45, 2.75) is 275 Å². The smallest absolute Gasteiger partial charge is 0.410 e. The minimum absolute atomic E-state index is 0.0269. The van der Waals surface area contributed by atoms with E-state index in [0.29, 0.717) is 31.8 Å². The molecule has 4 aliphatic carbocycles. The summed E-state index contributed by atoms with van der Waals surface area (Å²) >= 11 is 0. The van der Waals surface area contributed by atoms with Gasteiger partial charge in [0.1, 0.15) is 111 Å². The number of carbonyl (C=O) groups excluding carboxylic acids is 13. The molecule has 4 spiro atoms. The molecule has 8 saturated heterocycles. The van der Waals surface area contributed by atoms with Gasteiger partial charge in [-0.25, -0.2) is 18.4 Å². The van der Waals surface area contributed by atoms with Crippen LogP contribution < -0.4 is 0 Å². The summed E-state index contributed by atoms with van der Waals surface area (Å²) < 4.78 is 51.0. The highest BCUT2D eigenvalue weighted by atomic mass is 19.1. The predicted molar refractivity (Wildman–Crippen MR) is 415 cm³/mol. The molecule has 12 aliphatic rings. The third-order valence-corrected chi connectivity index (χ3v) is 26.9. The molecule has 694 valence electrons. The SMILES string of the molecule is CC(=O)OC1C(C)C(C)C(C)C(OC(C)=O)C1C.CC(=O)OC1C(C)C(O)C(O)C(O)C1O.CC(F)CN1C(=O)CC2(CCN(C)CC2)C1=O.CCN1C(=O)CC2(CCN(C(=O)OC3C(O)C(O)C(O)C(O)C3O)CC2)C1=O.CCN1C(=O)CC2(CCN(C(=O)OC3C(O)C(O)C(O)C(O)C3O)CC2)C1=O.CN1CCC2(CC1)CC(=O)N(CCF)C2=O. The molecule has 42 heteroatoms. The van der Waals surface area contributed by atoms with Crippen LogP contribution >= 0.6 is 0 Å². The van der Waals surface area contributed by atoms with Gasteiger partial charge in [-0.15, -0.1) is 0 Å². The second kappa shape index (κ2) is 42.4. The van der Waals surface area contributed by atoms with Crippen LogP contribution in [-0.2, 0) is 76.4 Å². The maximum absolute atomic E-state index is 13.0. The number of rotatable bonds is 11. The molecular formula is C80H128F2N8O32. The van der Waals surface area contributed by atoms with E-state index >= 15 is 0 Å². The van der Waals surface area contributed by atoms with Crippen LogP contribution in [0.1, 0.15) is 153 Å². The minimum Gasteiger partial charge on any atom is -0.462 e. The highest BCUT2D eigenvalue weighted by molar-refractivity contribution is 6.08. The van der Waals surface area contributed by atoms with Crippen LogP contribution in [-0.4, -0.2) is 409 Å². The molecule has 8 heterocycles. The van der Waals surface area contributed by atoms with Gasteiger partial charge in [-0.2, -0.15) is 0 Å². The molecule has 12 rings (SSSR count). The summed E-state index contributed by atoms with van der Waals surface area (Å²) in [5, 5.41) is 136. The summed E-state index contributed by atoms with van der Waals surface area (Å²) in [4.78, 5) is 166. The molecule has 12 fully saturated rings. The Bertz CT molecular complexity index is 3500. The molecule has 40 nitrogen and oxygen atoms in total. The third-order valence-electron chi connectivity index (χ3n) is 26.9. The van der Waals surface area contributed by atoms with Crippen LogP contribution in [0.4, 0.5) is 18.4 Å². The van der Waals surface area contributed by atoms with Gasteiger partial charge in [0.05, 0.1) is 40.9 Å². The van der Waals surface area contributed by atoms with Crippen molar-refractivity contribution in [1.82, 2.24) is 39.2 Å². The van der Waals surface area contributed by atoms with Crippen molar-refractivity contribution in [2.75, 3.05) is 99.3 Å². The topological polar surface area (TPSA) is 577 Å². The zero-order valence-electron chi connectivity index (χ0n) is 71.6. The molecule has 10 amide bonds. The number of ether oxygens (including phenoxy) is 5. The van der Waals surface area contributed by atoms with Gasteiger partial charge in [0.2, 0.25) is 47.3 Å². The molecule has 122 heavy (non-hydrogen) atoms. The van der Waals surface area contributed by atoms with Gasteiger partial charge in [-0.1, -0.05) is 34.6 Å². The Morgan fingerprint density at radius 2 is 0.607 bits per heavy atom. The van der Waals surface area contributed by atoms with E-state index in [4.69, 9.17) is 23.7 Å². The summed E-state index contributed by atoms with van der Waals surface area (Å²) in [5.74, 6) is -2.51. The molecule has 19 unspecified atom stereocenters. The molecule has 0 aromatic rings. The summed E-state index contributed by atoms with van der Waals surface area (Å²) in [6, 6.07) is 0. The molecule has 0 aromatic carbocycles. The first-order valence-electron chi connectivity index (χ1n) is 41.8. The molecule has 19 atom stereocenters. The largest absolute Gasteiger partial charge is 0.462 e. The lowest BCUT2D eigenvalue weighted by Crippen LogP contribution is -2.65. The lowest BCUT2D eigenvalue weighted by Gasteiger charge is -2.46. The second-order valence-electron chi connectivity index (χ2n) is 35.0.